The van der Waals surface area contributed by atoms with E-state index in [1.54, 1.807) is 12.1 Å². The van der Waals surface area contributed by atoms with Crippen molar-refractivity contribution < 1.29 is 18.6 Å². The lowest BCUT2D eigenvalue weighted by Gasteiger charge is -2.44. The van der Waals surface area contributed by atoms with Crippen LogP contribution in [0.15, 0.2) is 42.5 Å². The van der Waals surface area contributed by atoms with Crippen LogP contribution >= 0.6 is 10.6 Å². The van der Waals surface area contributed by atoms with Crippen LogP contribution in [0.2, 0.25) is 0 Å². The Morgan fingerprint density at radius 3 is 2.42 bits per heavy atom. The topological polar surface area (TPSA) is 106 Å². The molecule has 7 nitrogen and oxygen atoms in total. The van der Waals surface area contributed by atoms with Crippen LogP contribution in [0, 0.1) is 11.3 Å². The van der Waals surface area contributed by atoms with E-state index >= 15 is 0 Å². The predicted molar refractivity (Wildman–Crippen MR) is 148 cm³/mol. The van der Waals surface area contributed by atoms with Gasteiger partial charge in [-0.2, -0.15) is 15.9 Å². The van der Waals surface area contributed by atoms with E-state index in [-0.39, 0.29) is 18.4 Å². The van der Waals surface area contributed by atoms with Gasteiger partial charge in [0.2, 0.25) is 0 Å². The summed E-state index contributed by atoms with van der Waals surface area (Å²) in [5, 5.41) is 12.7. The van der Waals surface area contributed by atoms with E-state index in [1.807, 2.05) is 32.9 Å². The van der Waals surface area contributed by atoms with Gasteiger partial charge in [-0.1, -0.05) is 26.8 Å². The molecule has 0 aliphatic carbocycles. The third kappa shape index (κ3) is 7.16. The second-order valence-electron chi connectivity index (χ2n) is 10.0. The molecule has 0 bridgehead atoms. The van der Waals surface area contributed by atoms with Crippen molar-refractivity contribution in [2.75, 3.05) is 34.9 Å². The molecule has 1 fully saturated rings. The van der Waals surface area contributed by atoms with E-state index in [2.05, 4.69) is 41.4 Å². The van der Waals surface area contributed by atoms with Crippen LogP contribution in [0.3, 0.4) is 0 Å². The van der Waals surface area contributed by atoms with Crippen LogP contribution < -0.4 is 10.2 Å². The first kappa shape index (κ1) is 27.9. The molecule has 0 unspecified atom stereocenters. The lowest BCUT2D eigenvalue weighted by molar-refractivity contribution is -0.144. The van der Waals surface area contributed by atoms with E-state index in [4.69, 9.17) is 10.00 Å². The SMILES string of the molecule is CCCN(c1ccc(C(C)(C)CC(=O)OCC)cc1Nc1ccc(C#N)cc1)C1CCS(O)(O)CC1. The number of nitrogens with one attached hydrogen (secondary N) is 1. The zero-order chi connectivity index (χ0) is 26.3. The Kier molecular flexibility index (Phi) is 9.29. The van der Waals surface area contributed by atoms with Crippen molar-refractivity contribution in [3.05, 3.63) is 53.6 Å². The molecule has 0 saturated carbocycles. The van der Waals surface area contributed by atoms with Gasteiger partial charge < -0.3 is 15.0 Å². The zero-order valence-corrected chi connectivity index (χ0v) is 22.6. The predicted octanol–water partition coefficient (Wildman–Crippen LogP) is 6.66. The van der Waals surface area contributed by atoms with Crippen molar-refractivity contribution in [1.82, 2.24) is 0 Å². The van der Waals surface area contributed by atoms with Gasteiger partial charge in [0, 0.05) is 35.2 Å². The number of ether oxygens (including phenoxy) is 1. The molecule has 2 aromatic rings. The van der Waals surface area contributed by atoms with Crippen molar-refractivity contribution >= 4 is 33.6 Å². The summed E-state index contributed by atoms with van der Waals surface area (Å²) in [5.74, 6) is 0.643. The molecule has 3 rings (SSSR count). The molecule has 36 heavy (non-hydrogen) atoms. The summed E-state index contributed by atoms with van der Waals surface area (Å²) in [4.78, 5) is 14.7. The number of carbonyl (C=O) groups excluding carboxylic acids is 1. The van der Waals surface area contributed by atoms with Crippen molar-refractivity contribution in [3.63, 3.8) is 0 Å². The molecular formula is C28H39N3O4S. The molecular weight excluding hydrogens is 474 g/mol. The highest BCUT2D eigenvalue weighted by molar-refractivity contribution is 8.24. The van der Waals surface area contributed by atoms with Crippen LogP contribution in [0.5, 0.6) is 0 Å². The van der Waals surface area contributed by atoms with Crippen LogP contribution in [-0.2, 0) is 14.9 Å². The van der Waals surface area contributed by atoms with Crippen LogP contribution in [0.1, 0.15) is 64.5 Å². The molecule has 2 aromatic carbocycles. The molecule has 0 radical (unpaired) electrons. The van der Waals surface area contributed by atoms with Crippen LogP contribution in [-0.4, -0.2) is 45.8 Å². The van der Waals surface area contributed by atoms with E-state index in [1.165, 1.54) is 0 Å². The van der Waals surface area contributed by atoms with Gasteiger partial charge in [-0.3, -0.25) is 13.9 Å². The van der Waals surface area contributed by atoms with Crippen molar-refractivity contribution in [3.8, 4) is 6.07 Å². The molecule has 1 aliphatic rings. The standard InChI is InChI=1S/C28H39N3O4S/c1-5-15-31(24-13-16-36(33,34)17-14-24)26-12-9-22(28(3,4)19-27(32)35-6-2)18-25(26)30-23-10-7-21(20-29)8-11-23/h7-12,18,24,30,33-34H,5-6,13-17,19H2,1-4H3. The van der Waals surface area contributed by atoms with Gasteiger partial charge in [0.1, 0.15) is 0 Å². The van der Waals surface area contributed by atoms with Gasteiger partial charge in [0.15, 0.2) is 0 Å². The van der Waals surface area contributed by atoms with E-state index in [0.29, 0.717) is 23.7 Å². The molecule has 0 amide bonds. The van der Waals surface area contributed by atoms with E-state index in [9.17, 15) is 13.9 Å². The average molecular weight is 514 g/mol. The quantitative estimate of drug-likeness (QED) is 0.305. The molecule has 1 heterocycles. The fraction of sp³-hybridized carbons (Fsp3) is 0.500. The minimum absolute atomic E-state index is 0.213. The third-order valence-corrected chi connectivity index (χ3v) is 8.51. The van der Waals surface area contributed by atoms with Gasteiger partial charge >= 0.3 is 5.97 Å². The molecule has 1 saturated heterocycles. The van der Waals surface area contributed by atoms with Gasteiger partial charge in [-0.05, 0) is 68.1 Å². The van der Waals surface area contributed by atoms with E-state index in [0.717, 1.165) is 48.4 Å². The highest BCUT2D eigenvalue weighted by Gasteiger charge is 2.31. The molecule has 1 aliphatic heterocycles. The summed E-state index contributed by atoms with van der Waals surface area (Å²) in [6, 6.07) is 16.0. The lowest BCUT2D eigenvalue weighted by Crippen LogP contribution is -2.41. The number of anilines is 3. The number of rotatable bonds is 10. The molecule has 0 atom stereocenters. The fourth-order valence-electron chi connectivity index (χ4n) is 4.71. The van der Waals surface area contributed by atoms with Gasteiger partial charge in [-0.15, -0.1) is 0 Å². The fourth-order valence-corrected chi connectivity index (χ4v) is 6.22. The highest BCUT2D eigenvalue weighted by Crippen LogP contribution is 2.46. The Morgan fingerprint density at radius 1 is 1.17 bits per heavy atom. The third-order valence-electron chi connectivity index (χ3n) is 6.73. The summed E-state index contributed by atoms with van der Waals surface area (Å²) in [6.07, 6.45) is 2.69. The lowest BCUT2D eigenvalue weighted by atomic mass is 9.81. The van der Waals surface area contributed by atoms with Crippen LogP contribution in [0.25, 0.3) is 0 Å². The molecule has 0 aromatic heterocycles. The monoisotopic (exact) mass is 513 g/mol. The van der Waals surface area contributed by atoms with Gasteiger partial charge in [0.25, 0.3) is 0 Å². The number of hydrogen-bond acceptors (Lipinski definition) is 7. The largest absolute Gasteiger partial charge is 0.466 e. The summed E-state index contributed by atoms with van der Waals surface area (Å²) in [7, 11) is -2.47. The number of hydrogen-bond donors (Lipinski definition) is 3. The van der Waals surface area contributed by atoms with E-state index < -0.39 is 16.0 Å². The molecule has 196 valence electrons. The van der Waals surface area contributed by atoms with Crippen molar-refractivity contribution in [2.45, 2.75) is 64.8 Å². The second kappa shape index (κ2) is 12.0. The summed E-state index contributed by atoms with van der Waals surface area (Å²) < 4.78 is 25.5. The Morgan fingerprint density at radius 2 is 1.83 bits per heavy atom. The van der Waals surface area contributed by atoms with Crippen molar-refractivity contribution in [1.29, 1.82) is 5.26 Å². The first-order valence-corrected chi connectivity index (χ1v) is 14.5. The Labute approximate surface area is 216 Å². The maximum Gasteiger partial charge on any atom is 0.306 e. The summed E-state index contributed by atoms with van der Waals surface area (Å²) in [6.45, 7) is 9.25. The van der Waals surface area contributed by atoms with Gasteiger partial charge in [0.05, 0.1) is 36.0 Å². The second-order valence-corrected chi connectivity index (χ2v) is 12.5. The molecule has 0 spiro atoms. The number of nitrogens with zero attached hydrogens (tertiary/aromatic N) is 2. The maximum absolute atomic E-state index is 12.3. The number of benzene rings is 2. The molecule has 3 N–H and O–H groups in total. The highest BCUT2D eigenvalue weighted by atomic mass is 32.3. The Bertz CT molecular complexity index is 1070. The maximum atomic E-state index is 12.3. The smallest absolute Gasteiger partial charge is 0.306 e. The molecule has 8 heteroatoms. The first-order chi connectivity index (χ1) is 17.1. The minimum atomic E-state index is -2.47. The Balaban J connectivity index is 2.00. The number of esters is 1. The minimum Gasteiger partial charge on any atom is -0.466 e. The average Bonchev–Trinajstić information content (AvgIpc) is 2.83. The Hall–Kier alpha value is -2.73. The first-order valence-electron chi connectivity index (χ1n) is 12.7. The summed E-state index contributed by atoms with van der Waals surface area (Å²) >= 11 is 0. The van der Waals surface area contributed by atoms with Crippen molar-refractivity contribution in [2.24, 2.45) is 0 Å². The number of carbonyl (C=O) groups is 1. The normalized spacial score (nSPS) is 16.6. The summed E-state index contributed by atoms with van der Waals surface area (Å²) in [5.41, 5.74) is 4.01. The zero-order valence-electron chi connectivity index (χ0n) is 21.8. The van der Waals surface area contributed by atoms with Gasteiger partial charge in [-0.25, -0.2) is 0 Å². The number of nitriles is 1. The van der Waals surface area contributed by atoms with Crippen LogP contribution in [0.4, 0.5) is 17.1 Å².